The van der Waals surface area contributed by atoms with Gasteiger partial charge >= 0.3 is 0 Å². The Balaban J connectivity index is 1.01. The van der Waals surface area contributed by atoms with Crippen molar-refractivity contribution in [3.05, 3.63) is 284 Å². The van der Waals surface area contributed by atoms with E-state index in [-0.39, 0.29) is 12.0 Å². The maximum atomic E-state index is 2.66. The van der Waals surface area contributed by atoms with Crippen molar-refractivity contribution in [3.8, 4) is 28.1 Å². The van der Waals surface area contributed by atoms with Crippen LogP contribution in [0.5, 0.6) is 0 Å². The third-order valence-electron chi connectivity index (χ3n) is 15.6. The Bertz CT molecular complexity index is 4440. The van der Waals surface area contributed by atoms with E-state index in [9.17, 15) is 0 Å². The molecule has 15 rings (SSSR count). The second-order valence-electron chi connectivity index (χ2n) is 19.6. The molecule has 14 aromatic rings. The number of nitrogens with zero attached hydrogens (tertiary/aromatic N) is 2. The Hall–Kier alpha value is -9.24. The van der Waals surface area contributed by atoms with Gasteiger partial charge in [0.25, 0.3) is 0 Å². The predicted molar refractivity (Wildman–Crippen MR) is 305 cm³/mol. The van der Waals surface area contributed by atoms with Gasteiger partial charge in [-0.3, -0.25) is 0 Å². The number of anilines is 2. The zero-order valence-corrected chi connectivity index (χ0v) is 39.5. The number of hydrogen-bond donors (Lipinski definition) is 0. The maximum Gasteiger partial charge on any atom is 0.0702 e. The van der Waals surface area contributed by atoms with Crippen LogP contribution < -0.4 is 4.90 Å². The van der Waals surface area contributed by atoms with E-state index >= 15 is 0 Å². The summed E-state index contributed by atoms with van der Waals surface area (Å²) in [6, 6.07) is 99.7. The normalized spacial score (nSPS) is 14.6. The number of hydrogen-bond acceptors (Lipinski definition) is 1. The summed E-state index contributed by atoms with van der Waals surface area (Å²) in [5.41, 5.74) is 13.5. The summed E-state index contributed by atoms with van der Waals surface area (Å²) in [7, 11) is 0. The highest BCUT2D eigenvalue weighted by atomic mass is 15.2. The lowest BCUT2D eigenvalue weighted by molar-refractivity contribution is 0.659. The van der Waals surface area contributed by atoms with E-state index in [1.807, 2.05) is 0 Å². The first-order valence-electron chi connectivity index (χ1n) is 25.1. The molecular formula is C70H46N2. The molecule has 1 aliphatic rings. The second-order valence-corrected chi connectivity index (χ2v) is 19.6. The van der Waals surface area contributed by atoms with Crippen LogP contribution in [-0.4, -0.2) is 4.57 Å². The Morgan fingerprint density at radius 2 is 0.778 bits per heavy atom. The van der Waals surface area contributed by atoms with Gasteiger partial charge in [-0.1, -0.05) is 206 Å². The summed E-state index contributed by atoms with van der Waals surface area (Å²) in [6.45, 7) is 0. The molecule has 0 fully saturated rings. The van der Waals surface area contributed by atoms with Gasteiger partial charge in [0, 0.05) is 39.0 Å². The van der Waals surface area contributed by atoms with Gasteiger partial charge < -0.3 is 9.47 Å². The van der Waals surface area contributed by atoms with Crippen LogP contribution in [0.25, 0.3) is 104 Å². The summed E-state index contributed by atoms with van der Waals surface area (Å²) < 4.78 is 2.54. The van der Waals surface area contributed by atoms with Crippen LogP contribution in [0.1, 0.15) is 28.7 Å². The molecule has 1 aliphatic heterocycles. The number of benzene rings is 13. The lowest BCUT2D eigenvalue weighted by Crippen LogP contribution is -2.23. The number of aromatic nitrogens is 1. The minimum absolute atomic E-state index is 0.00399. The molecule has 0 radical (unpaired) electrons. The van der Waals surface area contributed by atoms with Gasteiger partial charge in [-0.05, 0) is 142 Å². The van der Waals surface area contributed by atoms with Gasteiger partial charge in [0.15, 0.2) is 0 Å². The van der Waals surface area contributed by atoms with E-state index in [1.54, 1.807) is 0 Å². The molecule has 2 unspecified atom stereocenters. The molecule has 0 N–H and O–H groups in total. The van der Waals surface area contributed by atoms with Crippen molar-refractivity contribution in [1.82, 2.24) is 4.57 Å². The molecule has 2 heteroatoms. The number of rotatable bonds is 6. The van der Waals surface area contributed by atoms with Crippen LogP contribution in [0.4, 0.5) is 11.4 Å². The molecule has 1 aromatic heterocycles. The molecule has 2 nitrogen and oxygen atoms in total. The molecule has 2 atom stereocenters. The van der Waals surface area contributed by atoms with E-state index < -0.39 is 0 Å². The summed E-state index contributed by atoms with van der Waals surface area (Å²) in [5, 5.41) is 16.2. The number of para-hydroxylation sites is 2. The zero-order valence-electron chi connectivity index (χ0n) is 39.5. The fourth-order valence-corrected chi connectivity index (χ4v) is 12.5. The van der Waals surface area contributed by atoms with Crippen molar-refractivity contribution in [1.29, 1.82) is 0 Å². The van der Waals surface area contributed by atoms with E-state index in [0.717, 1.165) is 5.69 Å². The fraction of sp³-hybridized carbons (Fsp3) is 0.0286. The van der Waals surface area contributed by atoms with E-state index in [1.165, 1.54) is 126 Å². The Kier molecular flexibility index (Phi) is 9.12. The predicted octanol–water partition coefficient (Wildman–Crippen LogP) is 18.9. The Morgan fingerprint density at radius 3 is 1.44 bits per heavy atom. The molecule has 336 valence electrons. The summed E-state index contributed by atoms with van der Waals surface area (Å²) in [4.78, 5) is 2.66. The number of fused-ring (bicyclic) bond motifs is 11. The van der Waals surface area contributed by atoms with Crippen molar-refractivity contribution in [2.75, 3.05) is 4.90 Å². The van der Waals surface area contributed by atoms with Crippen molar-refractivity contribution in [3.63, 3.8) is 0 Å². The van der Waals surface area contributed by atoms with Gasteiger partial charge in [-0.15, -0.1) is 0 Å². The monoisotopic (exact) mass is 914 g/mol. The van der Waals surface area contributed by atoms with Gasteiger partial charge in [0.1, 0.15) is 0 Å². The molecule has 0 amide bonds. The quantitative estimate of drug-likeness (QED) is 0.119. The minimum atomic E-state index is -0.00399. The molecule has 0 aliphatic carbocycles. The molecule has 13 aromatic carbocycles. The van der Waals surface area contributed by atoms with E-state index in [4.69, 9.17) is 0 Å². The molecule has 72 heavy (non-hydrogen) atoms. The van der Waals surface area contributed by atoms with Crippen LogP contribution in [0.3, 0.4) is 0 Å². The maximum absolute atomic E-state index is 2.66. The van der Waals surface area contributed by atoms with Crippen LogP contribution in [0, 0.1) is 0 Å². The largest absolute Gasteiger partial charge is 0.332 e. The van der Waals surface area contributed by atoms with Gasteiger partial charge in [-0.25, -0.2) is 0 Å². The van der Waals surface area contributed by atoms with Crippen molar-refractivity contribution in [2.45, 2.75) is 12.0 Å². The average Bonchev–Trinajstić information content (AvgIpc) is 3.99. The second kappa shape index (κ2) is 16.2. The highest BCUT2D eigenvalue weighted by Gasteiger charge is 2.42. The van der Waals surface area contributed by atoms with E-state index in [2.05, 4.69) is 276 Å². The van der Waals surface area contributed by atoms with Crippen LogP contribution >= 0.6 is 0 Å². The van der Waals surface area contributed by atoms with Gasteiger partial charge in [0.05, 0.1) is 22.9 Å². The average molecular weight is 915 g/mol. The standard InChI is InChI=1S/C70H46N2/c1-5-17-45(18-6-1)65-63-37-33-59-60-34-38-64-66(46-19-7-2-8-20-46)68(54-32-30-52-40-48-22-14-16-24-50(48)42-56(52)44-54)72(58-27-11-4-12-28-58)70(64)62(60)36-35-61(59)69(63)71(57-25-9-3-10-26-57)67(65)53-31-29-51-39-47-21-13-15-23-49(47)41-55(51)43-53/h1-44,65,67H. The van der Waals surface area contributed by atoms with Crippen molar-refractivity contribution in [2.24, 2.45) is 0 Å². The fourth-order valence-electron chi connectivity index (χ4n) is 12.5. The highest BCUT2D eigenvalue weighted by molar-refractivity contribution is 6.23. The highest BCUT2D eigenvalue weighted by Crippen LogP contribution is 2.58. The molecule has 2 heterocycles. The minimum Gasteiger partial charge on any atom is -0.332 e. The molecule has 0 saturated carbocycles. The Labute approximate surface area is 417 Å². The van der Waals surface area contributed by atoms with Crippen LogP contribution in [0.2, 0.25) is 0 Å². The molecule has 0 bridgehead atoms. The third kappa shape index (κ3) is 6.29. The van der Waals surface area contributed by atoms with Crippen LogP contribution in [0.15, 0.2) is 267 Å². The van der Waals surface area contributed by atoms with Crippen molar-refractivity contribution < 1.29 is 0 Å². The summed E-state index contributed by atoms with van der Waals surface area (Å²) in [5.74, 6) is 0.0770. The van der Waals surface area contributed by atoms with Gasteiger partial charge in [-0.2, -0.15) is 0 Å². The van der Waals surface area contributed by atoms with Crippen molar-refractivity contribution >= 4 is 86.9 Å². The van der Waals surface area contributed by atoms with E-state index in [0.29, 0.717) is 0 Å². The SMILES string of the molecule is c1ccc(-c2c(-c3ccc4cc5ccccc5cc4c3)n(-c3ccccc3)c3c2ccc2c4ccc5c(c4ccc23)N(c2ccccc2)C(c2ccc3cc4ccccc4cc3c2)C5c2ccccc2)cc1. The first kappa shape index (κ1) is 40.6. The zero-order chi connectivity index (χ0) is 47.3. The first-order chi connectivity index (χ1) is 35.7. The summed E-state index contributed by atoms with van der Waals surface area (Å²) >= 11 is 0. The molecule has 0 spiro atoms. The summed E-state index contributed by atoms with van der Waals surface area (Å²) in [6.07, 6.45) is 0. The first-order valence-corrected chi connectivity index (χ1v) is 25.1. The molecule has 0 saturated heterocycles. The topological polar surface area (TPSA) is 8.17 Å². The van der Waals surface area contributed by atoms with Gasteiger partial charge in [0.2, 0.25) is 0 Å². The lowest BCUT2D eigenvalue weighted by atomic mass is 9.83. The van der Waals surface area contributed by atoms with Crippen LogP contribution in [-0.2, 0) is 0 Å². The smallest absolute Gasteiger partial charge is 0.0702 e. The Morgan fingerprint density at radius 1 is 0.292 bits per heavy atom. The lowest BCUT2D eigenvalue weighted by Gasteiger charge is -2.32. The third-order valence-corrected chi connectivity index (χ3v) is 15.6. The molecular weight excluding hydrogens is 869 g/mol.